The lowest BCUT2D eigenvalue weighted by atomic mass is 10.1. The van der Waals surface area contributed by atoms with Crippen molar-refractivity contribution in [2.75, 3.05) is 0 Å². The van der Waals surface area contributed by atoms with Gasteiger partial charge in [0.2, 0.25) is 0 Å². The average Bonchev–Trinajstić information content (AvgIpc) is 4.19. The zero-order valence-electron chi connectivity index (χ0n) is 40.4. The molecule has 6 N–H and O–H groups in total. The summed E-state index contributed by atoms with van der Waals surface area (Å²) in [6.45, 7) is 8.92. The van der Waals surface area contributed by atoms with E-state index in [1.165, 1.54) is 42.5 Å². The summed E-state index contributed by atoms with van der Waals surface area (Å²) in [5.41, 5.74) is 0.0528. The third kappa shape index (κ3) is 9.25. The van der Waals surface area contributed by atoms with Gasteiger partial charge >= 0.3 is 22.8 Å². The number of aromatic amines is 6. The molecule has 0 spiro atoms. The van der Waals surface area contributed by atoms with E-state index in [-0.39, 0.29) is 49.0 Å². The molecule has 0 saturated heterocycles. The van der Waals surface area contributed by atoms with Gasteiger partial charge in [-0.2, -0.15) is 0 Å². The second-order valence-corrected chi connectivity index (χ2v) is 17.8. The average molecular weight is 975 g/mol. The molecule has 0 amide bonds. The Balaban J connectivity index is 1.55. The molecule has 7 aromatic heterocycles. The van der Waals surface area contributed by atoms with Crippen LogP contribution in [0.2, 0.25) is 0 Å². The van der Waals surface area contributed by atoms with Crippen LogP contribution in [-0.4, -0.2) is 58.1 Å². The van der Waals surface area contributed by atoms with Crippen molar-refractivity contribution in [2.24, 2.45) is 0 Å². The van der Waals surface area contributed by atoms with E-state index < -0.39 is 45.0 Å². The van der Waals surface area contributed by atoms with Crippen LogP contribution in [0, 0.1) is 0 Å². The predicted octanol–water partition coefficient (Wildman–Crippen LogP) is 5.92. The lowest BCUT2D eigenvalue weighted by molar-refractivity contribution is 0.602. The number of rotatable bonds is 16. The van der Waals surface area contributed by atoms with E-state index in [0.29, 0.717) is 92.8 Å². The van der Waals surface area contributed by atoms with E-state index in [2.05, 4.69) is 29.9 Å². The van der Waals surface area contributed by atoms with Gasteiger partial charge < -0.3 is 9.97 Å². The van der Waals surface area contributed by atoms with Gasteiger partial charge in [0, 0.05) is 72.7 Å². The fourth-order valence-corrected chi connectivity index (χ4v) is 9.35. The first-order valence-corrected chi connectivity index (χ1v) is 24.4. The Bertz CT molecular complexity index is 3520. The molecule has 370 valence electrons. The summed E-state index contributed by atoms with van der Waals surface area (Å²) in [4.78, 5) is 136. The van der Waals surface area contributed by atoms with Crippen molar-refractivity contribution in [3.8, 4) is 45.0 Å². The fourth-order valence-electron chi connectivity index (χ4n) is 9.35. The Kier molecular flexibility index (Phi) is 13.7. The van der Waals surface area contributed by atoms with E-state index in [0.717, 1.165) is 25.7 Å². The van der Waals surface area contributed by atoms with Crippen molar-refractivity contribution in [3.63, 3.8) is 0 Å². The largest absolute Gasteiger partial charge is 0.354 e. The fraction of sp³-hybridized carbons (Fsp3) is 0.308. The van der Waals surface area contributed by atoms with Crippen LogP contribution in [0.3, 0.4) is 0 Å². The Morgan fingerprint density at radius 1 is 0.347 bits per heavy atom. The van der Waals surface area contributed by atoms with Crippen LogP contribution in [-0.2, 0) is 26.2 Å². The summed E-state index contributed by atoms with van der Waals surface area (Å²) in [5.74, 6) is 0. The first-order valence-electron chi connectivity index (χ1n) is 24.4. The van der Waals surface area contributed by atoms with E-state index in [1.54, 1.807) is 48.6 Å². The molecule has 2 aliphatic rings. The van der Waals surface area contributed by atoms with Crippen molar-refractivity contribution in [2.45, 2.75) is 105 Å². The van der Waals surface area contributed by atoms with Gasteiger partial charge in [-0.15, -0.1) is 0 Å². The van der Waals surface area contributed by atoms with E-state index in [4.69, 9.17) is 9.97 Å². The zero-order valence-corrected chi connectivity index (χ0v) is 40.4. The van der Waals surface area contributed by atoms with Gasteiger partial charge in [0.1, 0.15) is 0 Å². The van der Waals surface area contributed by atoms with Crippen molar-refractivity contribution in [1.82, 2.24) is 58.1 Å². The van der Waals surface area contributed by atoms with Crippen LogP contribution in [0.15, 0.2) is 86.9 Å². The van der Waals surface area contributed by atoms with Crippen molar-refractivity contribution < 1.29 is 0 Å². The maximum Gasteiger partial charge on any atom is 0.328 e. The van der Waals surface area contributed by atoms with Crippen LogP contribution in [0.25, 0.3) is 91.4 Å². The van der Waals surface area contributed by atoms with Crippen LogP contribution in [0.4, 0.5) is 0 Å². The summed E-state index contributed by atoms with van der Waals surface area (Å²) in [6.07, 6.45) is 12.2. The van der Waals surface area contributed by atoms with Gasteiger partial charge in [0.15, 0.2) is 0 Å². The highest BCUT2D eigenvalue weighted by Gasteiger charge is 2.24. The highest BCUT2D eigenvalue weighted by Crippen LogP contribution is 2.38. The molecule has 0 radical (unpaired) electrons. The van der Waals surface area contributed by atoms with Crippen LogP contribution < -0.4 is 45.0 Å². The molecule has 7 aromatic rings. The third-order valence-electron chi connectivity index (χ3n) is 12.9. The molecule has 0 atom stereocenters. The Morgan fingerprint density at radius 3 is 0.778 bits per heavy atom. The molecule has 20 heteroatoms. The monoisotopic (exact) mass is 974 g/mol. The lowest BCUT2D eigenvalue weighted by Gasteiger charge is -2.14. The molecular formula is C52H54N12O8. The minimum atomic E-state index is -0.646. The quantitative estimate of drug-likeness (QED) is 0.0665. The van der Waals surface area contributed by atoms with E-state index in [9.17, 15) is 38.4 Å². The van der Waals surface area contributed by atoms with Gasteiger partial charge in [-0.1, -0.05) is 53.4 Å². The number of hydrogen-bond acceptors (Lipinski definition) is 10. The van der Waals surface area contributed by atoms with Gasteiger partial charge in [-0.25, -0.2) is 29.1 Å². The normalized spacial score (nSPS) is 12.1. The molecule has 0 aliphatic carbocycles. The molecule has 0 saturated carbocycles. The number of aromatic nitrogens is 12. The number of nitrogens with zero attached hydrogens (tertiary/aromatic N) is 6. The lowest BCUT2D eigenvalue weighted by Crippen LogP contribution is -2.31. The summed E-state index contributed by atoms with van der Waals surface area (Å²) in [5, 5.41) is 0. The Labute approximate surface area is 408 Å². The first kappa shape index (κ1) is 48.3. The van der Waals surface area contributed by atoms with Crippen LogP contribution in [0.1, 0.15) is 102 Å². The smallest absolute Gasteiger partial charge is 0.328 e. The molecular weight excluding hydrogens is 921 g/mol. The molecule has 9 rings (SSSR count). The molecule has 9 heterocycles. The third-order valence-corrected chi connectivity index (χ3v) is 12.9. The summed E-state index contributed by atoms with van der Waals surface area (Å²) < 4.78 is 5.93. The minimum absolute atomic E-state index is 0.244. The number of nitrogens with one attached hydrogen (secondary N) is 6. The van der Waals surface area contributed by atoms with Gasteiger partial charge in [-0.3, -0.25) is 57.4 Å². The van der Waals surface area contributed by atoms with Gasteiger partial charge in [0.05, 0.1) is 67.6 Å². The molecule has 0 aromatic carbocycles. The molecule has 20 nitrogen and oxygen atoms in total. The van der Waals surface area contributed by atoms with Gasteiger partial charge in [0.25, 0.3) is 22.2 Å². The molecule has 72 heavy (non-hydrogen) atoms. The van der Waals surface area contributed by atoms with E-state index in [1.807, 2.05) is 27.7 Å². The minimum Gasteiger partial charge on any atom is -0.354 e. The van der Waals surface area contributed by atoms with Gasteiger partial charge in [-0.05, 0) is 74.3 Å². The Hall–Kier alpha value is -8.68. The maximum atomic E-state index is 13.8. The predicted molar refractivity (Wildman–Crippen MR) is 280 cm³/mol. The zero-order chi connectivity index (χ0) is 50.8. The summed E-state index contributed by atoms with van der Waals surface area (Å²) >= 11 is 0. The molecule has 0 unspecified atom stereocenters. The second kappa shape index (κ2) is 20.3. The van der Waals surface area contributed by atoms with Crippen molar-refractivity contribution in [1.29, 1.82) is 0 Å². The van der Waals surface area contributed by atoms with Crippen LogP contribution >= 0.6 is 0 Å². The number of H-pyrrole nitrogens is 6. The highest BCUT2D eigenvalue weighted by atomic mass is 16.2. The number of unbranched alkanes of at least 4 members (excludes halogenated alkanes) is 4. The summed E-state index contributed by atoms with van der Waals surface area (Å²) in [6, 6.07) is 12.3. The van der Waals surface area contributed by atoms with Crippen molar-refractivity contribution >= 4 is 46.4 Å². The number of fused-ring (bicyclic) bond motifs is 8. The Morgan fingerprint density at radius 2 is 0.569 bits per heavy atom. The SMILES string of the molecule is CCCCn1c(-c2c3nc(c(-c4cc(=O)[nH]c(=O)n4CCCC)c4ccc([nH]4)c(-c4cc(=O)[nH]c(=O)n4CCCC)c4nc(c(-c5cc(=O)[nH]c(=O)n5CCCC)c5ccc2[nH]5)C=C4)C=C3)cc(=O)[nH]c1=O. The number of hydrogen-bond donors (Lipinski definition) is 6. The summed E-state index contributed by atoms with van der Waals surface area (Å²) in [7, 11) is 0. The second-order valence-electron chi connectivity index (χ2n) is 17.8. The first-order chi connectivity index (χ1) is 34.8. The maximum absolute atomic E-state index is 13.8. The highest BCUT2D eigenvalue weighted by molar-refractivity contribution is 5.98. The van der Waals surface area contributed by atoms with E-state index >= 15 is 0 Å². The standard InChI is InChI=1S/C52H54N12O8/c1-5-9-21-61-37(25-41(65)57-49(61)69)45-29-13-15-31(53-29)46(38-26-42(66)58-50(70)62(38)22-10-6-2)33-17-19-35(55-33)48(40-28-44(68)60-52(72)64(40)24-12-8-4)36-20-18-34(56-36)47(32-16-14-30(45)54-32)39-27-43(67)59-51(71)63(39)23-11-7-3/h13-20,25-28,53,56H,5-12,21-24H2,1-4H3,(H,57,65,69)(H,58,66,70)(H,59,67,71)(H,60,68,72). The van der Waals surface area contributed by atoms with Crippen LogP contribution in [0.5, 0.6) is 0 Å². The topological polar surface area (TPSA) is 277 Å². The molecule has 8 bridgehead atoms. The van der Waals surface area contributed by atoms with Crippen molar-refractivity contribution in [3.05, 3.63) is 155 Å². The molecule has 2 aliphatic heterocycles. The molecule has 0 fully saturated rings.